The van der Waals surface area contributed by atoms with E-state index in [9.17, 15) is 14.4 Å². The summed E-state index contributed by atoms with van der Waals surface area (Å²) in [6, 6.07) is 0. The lowest BCUT2D eigenvalue weighted by Crippen LogP contribution is -1.98. The molecular formula is C16H28O7Si. The number of hydrogen-bond acceptors (Lipinski definition) is 5. The van der Waals surface area contributed by atoms with Crippen LogP contribution in [0.4, 0.5) is 0 Å². The Bertz CT molecular complexity index is 403. The number of esters is 1. The van der Waals surface area contributed by atoms with Crippen molar-refractivity contribution < 1.29 is 33.8 Å². The molecule has 0 aliphatic heterocycles. The summed E-state index contributed by atoms with van der Waals surface area (Å²) in [4.78, 5) is 29.5. The molecule has 138 valence electrons. The maximum absolute atomic E-state index is 10.3. The van der Waals surface area contributed by atoms with Gasteiger partial charge in [-0.3, -0.25) is 0 Å². The van der Waals surface area contributed by atoms with Gasteiger partial charge in [0.05, 0.1) is 6.26 Å². The zero-order valence-corrected chi connectivity index (χ0v) is 17.0. The summed E-state index contributed by atoms with van der Waals surface area (Å²) in [6.45, 7) is 20.2. The second kappa shape index (κ2) is 20.5. The molecule has 0 rings (SSSR count). The summed E-state index contributed by atoms with van der Waals surface area (Å²) in [6.07, 6.45) is 1.08. The summed E-state index contributed by atoms with van der Waals surface area (Å²) in [5.74, 6) is -2.30. The van der Waals surface area contributed by atoms with Gasteiger partial charge in [-0.15, -0.1) is 0 Å². The van der Waals surface area contributed by atoms with Crippen LogP contribution in [-0.2, 0) is 23.5 Å². The van der Waals surface area contributed by atoms with Crippen LogP contribution in [-0.4, -0.2) is 45.2 Å². The molecule has 0 atom stereocenters. The van der Waals surface area contributed by atoms with Crippen molar-refractivity contribution in [3.63, 3.8) is 0 Å². The van der Waals surface area contributed by atoms with Gasteiger partial charge in [-0.1, -0.05) is 26.3 Å². The largest absolute Gasteiger partial charge is 0.478 e. The van der Waals surface area contributed by atoms with E-state index >= 15 is 0 Å². The van der Waals surface area contributed by atoms with E-state index in [1.807, 2.05) is 6.92 Å². The van der Waals surface area contributed by atoms with E-state index in [1.54, 1.807) is 6.92 Å². The van der Waals surface area contributed by atoms with Crippen LogP contribution in [0, 0.1) is 0 Å². The van der Waals surface area contributed by atoms with E-state index in [1.165, 1.54) is 13.8 Å². The van der Waals surface area contributed by atoms with Crippen LogP contribution >= 0.6 is 0 Å². The van der Waals surface area contributed by atoms with E-state index in [0.717, 1.165) is 23.4 Å². The number of ether oxygens (including phenoxy) is 1. The molecule has 0 heterocycles. The third kappa shape index (κ3) is 36.6. The minimum Gasteiger partial charge on any atom is -0.478 e. The van der Waals surface area contributed by atoms with E-state index in [-0.39, 0.29) is 11.1 Å². The van der Waals surface area contributed by atoms with Crippen LogP contribution in [0.2, 0.25) is 0 Å². The summed E-state index contributed by atoms with van der Waals surface area (Å²) in [7, 11) is 0.890. The normalized spacial score (nSPS) is 7.67. The van der Waals surface area contributed by atoms with Crippen molar-refractivity contribution in [2.45, 2.75) is 27.7 Å². The minimum absolute atomic E-state index is 0.176. The van der Waals surface area contributed by atoms with Crippen LogP contribution in [0.15, 0.2) is 49.3 Å². The van der Waals surface area contributed by atoms with Crippen LogP contribution in [0.3, 0.4) is 0 Å². The second-order valence-electron chi connectivity index (χ2n) is 4.10. The third-order valence-electron chi connectivity index (χ3n) is 1.56. The highest BCUT2D eigenvalue weighted by Gasteiger charge is 1.97. The van der Waals surface area contributed by atoms with Crippen molar-refractivity contribution in [2.24, 2.45) is 0 Å². The van der Waals surface area contributed by atoms with E-state index in [4.69, 9.17) is 10.2 Å². The molecule has 0 aliphatic carbocycles. The Morgan fingerprint density at radius 1 is 0.958 bits per heavy atom. The number of carboxylic acid groups (broad SMARTS) is 2. The first kappa shape index (κ1) is 29.5. The second-order valence-corrected chi connectivity index (χ2v) is 4.68. The predicted octanol–water partition coefficient (Wildman–Crippen LogP) is 1.85. The number of carboxylic acids is 2. The van der Waals surface area contributed by atoms with Crippen LogP contribution in [0.25, 0.3) is 0 Å². The van der Waals surface area contributed by atoms with Gasteiger partial charge in [0.25, 0.3) is 0 Å². The smallest absolute Gasteiger partial charge is 0.337 e. The van der Waals surface area contributed by atoms with Gasteiger partial charge in [-0.25, -0.2) is 14.4 Å². The zero-order chi connectivity index (χ0) is 20.3. The summed E-state index contributed by atoms with van der Waals surface area (Å²) < 4.78 is 9.01. The average molecular weight is 360 g/mol. The molecule has 8 heteroatoms. The van der Waals surface area contributed by atoms with Crippen molar-refractivity contribution in [2.75, 3.05) is 6.61 Å². The Balaban J connectivity index is -0.000000114. The number of carbonyl (C=O) groups is 3. The fraction of sp³-hybridized carbons (Fsp3) is 0.312. The van der Waals surface area contributed by atoms with Crippen LogP contribution < -0.4 is 0 Å². The fourth-order valence-corrected chi connectivity index (χ4v) is 0.176. The van der Waals surface area contributed by atoms with Crippen LogP contribution in [0.1, 0.15) is 27.7 Å². The molecule has 0 saturated carbocycles. The molecule has 0 aromatic heterocycles. The van der Waals surface area contributed by atoms with Gasteiger partial charge in [-0.05, 0) is 27.7 Å². The molecule has 2 N–H and O–H groups in total. The molecule has 24 heavy (non-hydrogen) atoms. The maximum Gasteiger partial charge on any atom is 0.337 e. The quantitative estimate of drug-likeness (QED) is 0.333. The number of aliphatic carboxylic acids is 2. The highest BCUT2D eigenvalue weighted by Crippen LogP contribution is 1.90. The Morgan fingerprint density at radius 3 is 1.25 bits per heavy atom. The minimum atomic E-state index is -0.935. The van der Waals surface area contributed by atoms with Gasteiger partial charge >= 0.3 is 17.9 Å². The summed E-state index contributed by atoms with van der Waals surface area (Å²) in [5, 5.41) is 15.8. The van der Waals surface area contributed by atoms with Crippen LogP contribution in [0.5, 0.6) is 0 Å². The Morgan fingerprint density at radius 2 is 1.21 bits per heavy atom. The van der Waals surface area contributed by atoms with Gasteiger partial charge < -0.3 is 19.4 Å². The molecule has 7 nitrogen and oxygen atoms in total. The zero-order valence-electron chi connectivity index (χ0n) is 15.0. The van der Waals surface area contributed by atoms with Gasteiger partial charge in [0.2, 0.25) is 0 Å². The third-order valence-corrected chi connectivity index (χ3v) is 2.14. The standard InChI is InChI=1S/C6H8O2.2C4H6O2.C2H8OSi/c1-4-8-6(7)5(2)3;2*1-3(2)4(5)6;1-2-3-4/h4H,1-2H2,3H3;2*1H2,2H3,(H,5,6);2H2,1,4H3. The first-order valence-corrected chi connectivity index (χ1v) is 7.44. The highest BCUT2D eigenvalue weighted by molar-refractivity contribution is 5.97. The van der Waals surface area contributed by atoms with Gasteiger partial charge in [0, 0.05) is 23.3 Å². The summed E-state index contributed by atoms with van der Waals surface area (Å²) in [5.41, 5.74) is 0.731. The van der Waals surface area contributed by atoms with Crippen molar-refractivity contribution >= 4 is 28.4 Å². The lowest BCUT2D eigenvalue weighted by atomic mass is 10.4. The highest BCUT2D eigenvalue weighted by atomic mass is 28.2. The molecule has 0 amide bonds. The molecule has 0 aliphatic rings. The van der Waals surface area contributed by atoms with E-state index < -0.39 is 17.9 Å². The van der Waals surface area contributed by atoms with Crippen molar-refractivity contribution in [1.29, 1.82) is 0 Å². The Kier molecular flexibility index (Phi) is 25.3. The van der Waals surface area contributed by atoms with E-state index in [0.29, 0.717) is 5.57 Å². The van der Waals surface area contributed by atoms with Crippen molar-refractivity contribution in [3.8, 4) is 0 Å². The van der Waals surface area contributed by atoms with E-state index in [2.05, 4.69) is 35.5 Å². The van der Waals surface area contributed by atoms with Crippen molar-refractivity contribution in [3.05, 3.63) is 49.3 Å². The molecule has 0 aromatic rings. The SMILES string of the molecule is C=C(C)C(=O)O.C=C(C)C(=O)O.C=COC(=O)C(=C)C.CCO[SiH3]. The molecule has 0 bridgehead atoms. The Hall–Kier alpha value is -2.45. The molecule has 0 aromatic carbocycles. The van der Waals surface area contributed by atoms with Gasteiger partial charge in [0.1, 0.15) is 10.5 Å². The fourth-order valence-electron chi connectivity index (χ4n) is 0.176. The monoisotopic (exact) mass is 360 g/mol. The molecule has 0 fully saturated rings. The average Bonchev–Trinajstić information content (AvgIpc) is 2.48. The predicted molar refractivity (Wildman–Crippen MR) is 97.6 cm³/mol. The Labute approximate surface area is 146 Å². The van der Waals surface area contributed by atoms with Gasteiger partial charge in [0.15, 0.2) is 0 Å². The number of carbonyl (C=O) groups excluding carboxylic acids is 1. The summed E-state index contributed by atoms with van der Waals surface area (Å²) >= 11 is 0. The lowest BCUT2D eigenvalue weighted by Gasteiger charge is -1.92. The first-order chi connectivity index (χ1) is 10.9. The first-order valence-electron chi connectivity index (χ1n) is 6.62. The molecule has 0 spiro atoms. The molecule has 0 saturated heterocycles. The lowest BCUT2D eigenvalue weighted by molar-refractivity contribution is -0.134. The topological polar surface area (TPSA) is 110 Å². The molecular weight excluding hydrogens is 332 g/mol. The maximum atomic E-state index is 10.3. The van der Waals surface area contributed by atoms with Crippen molar-refractivity contribution in [1.82, 2.24) is 0 Å². The number of rotatable bonds is 5. The molecule has 0 unspecified atom stereocenters. The number of hydrogen-bond donors (Lipinski definition) is 2. The molecule has 0 radical (unpaired) electrons. The van der Waals surface area contributed by atoms with Gasteiger partial charge in [-0.2, -0.15) is 0 Å².